The van der Waals surface area contributed by atoms with Gasteiger partial charge in [-0.3, -0.25) is 0 Å². The maximum atomic E-state index is 12.6. The summed E-state index contributed by atoms with van der Waals surface area (Å²) in [6.45, 7) is -2.53. The molecule has 1 fully saturated rings. The molecule has 0 atom stereocenters. The molecule has 19 heavy (non-hydrogen) atoms. The second-order valence-corrected chi connectivity index (χ2v) is 7.04. The highest BCUT2D eigenvalue weighted by Gasteiger charge is 2.28. The highest BCUT2D eigenvalue weighted by molar-refractivity contribution is 9.11. The van der Waals surface area contributed by atoms with Gasteiger partial charge in [0.05, 0.1) is 15.0 Å². The monoisotopic (exact) mass is 355 g/mol. The zero-order valence-corrected chi connectivity index (χ0v) is 13.0. The molecular formula is C13H19BrN2O2S. The maximum absolute atomic E-state index is 12.6. The quantitative estimate of drug-likeness (QED) is 0.763. The number of nitrogens with zero attached hydrogens (tertiary/aromatic N) is 2. The molecule has 1 amide bonds. The molecule has 0 unspecified atom stereocenters. The molecule has 1 saturated heterocycles. The normalized spacial score (nSPS) is 36.8. The van der Waals surface area contributed by atoms with Crippen molar-refractivity contribution in [3.05, 3.63) is 15.0 Å². The van der Waals surface area contributed by atoms with Crippen LogP contribution in [0.15, 0.2) is 9.98 Å². The van der Waals surface area contributed by atoms with Gasteiger partial charge in [0, 0.05) is 31.2 Å². The predicted octanol–water partition coefficient (Wildman–Crippen LogP) is 4.02. The third-order valence-electron chi connectivity index (χ3n) is 1.85. The molecule has 0 saturated carbocycles. The van der Waals surface area contributed by atoms with Crippen LogP contribution in [0.2, 0.25) is 0 Å². The molecule has 2 heterocycles. The molecule has 0 N–H and O–H groups in total. The van der Waals surface area contributed by atoms with E-state index < -0.39 is 48.3 Å². The topological polar surface area (TPSA) is 42.4 Å². The predicted molar refractivity (Wildman–Crippen MR) is 79.6 cm³/mol. The number of hydrogen-bond donors (Lipinski definition) is 0. The molecule has 0 spiro atoms. The van der Waals surface area contributed by atoms with E-state index in [9.17, 15) is 4.79 Å². The summed E-state index contributed by atoms with van der Waals surface area (Å²) in [5, 5.41) is -0.467. The van der Waals surface area contributed by atoms with Crippen LogP contribution in [-0.4, -0.2) is 34.6 Å². The molecule has 0 radical (unpaired) electrons. The van der Waals surface area contributed by atoms with Gasteiger partial charge in [-0.2, -0.15) is 0 Å². The first-order chi connectivity index (χ1) is 12.2. The number of hydrogen-bond acceptors (Lipinski definition) is 4. The Bertz CT molecular complexity index is 765. The fourth-order valence-corrected chi connectivity index (χ4v) is 2.32. The summed E-state index contributed by atoms with van der Waals surface area (Å²) in [5.41, 5.74) is -1.17. The van der Waals surface area contributed by atoms with Crippen molar-refractivity contribution in [2.45, 2.75) is 45.0 Å². The second kappa shape index (κ2) is 5.79. The van der Waals surface area contributed by atoms with Crippen LogP contribution in [0.3, 0.4) is 0 Å². The van der Waals surface area contributed by atoms with E-state index in [-0.39, 0.29) is 4.90 Å². The molecule has 106 valence electrons. The molecule has 2 rings (SSSR count). The number of rotatable bonds is 1. The van der Waals surface area contributed by atoms with Crippen molar-refractivity contribution < 1.29 is 21.9 Å². The zero-order valence-electron chi connectivity index (χ0n) is 19.6. The summed E-state index contributed by atoms with van der Waals surface area (Å²) in [4.78, 5) is 16.2. The second-order valence-electron chi connectivity index (χ2n) is 4.63. The molecule has 0 bridgehead atoms. The van der Waals surface area contributed by atoms with Crippen LogP contribution in [0.1, 0.15) is 56.8 Å². The smallest absolute Gasteiger partial charge is 0.410 e. The highest BCUT2D eigenvalue weighted by Crippen LogP contribution is 2.33. The van der Waals surface area contributed by atoms with E-state index in [0.717, 1.165) is 0 Å². The van der Waals surface area contributed by atoms with Crippen molar-refractivity contribution in [3.63, 3.8) is 0 Å². The van der Waals surface area contributed by atoms with Crippen LogP contribution in [0, 0.1) is 0 Å². The first-order valence-electron chi connectivity index (χ1n) is 9.90. The van der Waals surface area contributed by atoms with Gasteiger partial charge in [-0.25, -0.2) is 9.78 Å². The lowest BCUT2D eigenvalue weighted by Gasteiger charge is -2.32. The molecule has 1 aromatic heterocycles. The van der Waals surface area contributed by atoms with Crippen molar-refractivity contribution in [1.82, 2.24) is 9.88 Å². The van der Waals surface area contributed by atoms with E-state index in [1.54, 1.807) is 0 Å². The summed E-state index contributed by atoms with van der Waals surface area (Å²) in [6.07, 6.45) is -7.18. The minimum absolute atomic E-state index is 0.222. The minimum Gasteiger partial charge on any atom is -0.444 e. The van der Waals surface area contributed by atoms with Crippen LogP contribution < -0.4 is 0 Å². The third kappa shape index (κ3) is 4.18. The number of thiazole rings is 1. The van der Waals surface area contributed by atoms with Crippen molar-refractivity contribution in [2.24, 2.45) is 0 Å². The fourth-order valence-electron chi connectivity index (χ4n) is 1.16. The summed E-state index contributed by atoms with van der Waals surface area (Å²) in [6, 6.07) is 0. The first kappa shape index (κ1) is 6.89. The fraction of sp³-hybridized carbons (Fsp3) is 0.692. The maximum Gasteiger partial charge on any atom is 0.410 e. The highest BCUT2D eigenvalue weighted by atomic mass is 79.9. The number of carbonyl (C=O) groups is 1. The molecule has 0 aliphatic carbocycles. The van der Waals surface area contributed by atoms with Crippen LogP contribution in [0.5, 0.6) is 0 Å². The largest absolute Gasteiger partial charge is 0.444 e. The Balaban J connectivity index is 2.78. The van der Waals surface area contributed by atoms with Gasteiger partial charge in [0.25, 0.3) is 0 Å². The van der Waals surface area contributed by atoms with Crippen molar-refractivity contribution in [3.8, 4) is 0 Å². The van der Waals surface area contributed by atoms with E-state index in [2.05, 4.69) is 20.9 Å². The molecular weight excluding hydrogens is 328 g/mol. The van der Waals surface area contributed by atoms with E-state index in [1.165, 1.54) is 27.0 Å². The summed E-state index contributed by atoms with van der Waals surface area (Å²) >= 11 is 3.77. The molecule has 1 aliphatic rings. The van der Waals surface area contributed by atoms with Gasteiger partial charge in [0.15, 0.2) is 0 Å². The SMILES string of the molecule is [2H]C1([2H])N(C(=O)OC(C)(C)C)C([2H])([2H])C([2H])([2H])C([2H])(c2ncc(Br)s2)C1([2H])[2H]. The number of halogens is 1. The summed E-state index contributed by atoms with van der Waals surface area (Å²) in [5.74, 6) is -3.11. The van der Waals surface area contributed by atoms with E-state index in [0.29, 0.717) is 15.1 Å². The Morgan fingerprint density at radius 1 is 1.63 bits per heavy atom. The van der Waals surface area contributed by atoms with Crippen LogP contribution in [0.25, 0.3) is 0 Å². The summed E-state index contributed by atoms with van der Waals surface area (Å²) < 4.78 is 80.1. The number of amides is 1. The standard InChI is InChI=1S/C13H19BrN2O2S/c1-13(2,3)18-12(17)16-6-4-9(5-7-16)11-15-8-10(14)19-11/h8-9H,4-7H2,1-3H3/i4D2,5D2,6D2,7D2,9D. The number of aromatic nitrogens is 1. The number of ether oxygens (including phenoxy) is 1. The van der Waals surface area contributed by atoms with Gasteiger partial charge >= 0.3 is 6.09 Å². The molecule has 1 aliphatic heterocycles. The van der Waals surface area contributed by atoms with Crippen molar-refractivity contribution >= 4 is 33.4 Å². The van der Waals surface area contributed by atoms with E-state index >= 15 is 0 Å². The van der Waals surface area contributed by atoms with Crippen LogP contribution in [0.4, 0.5) is 4.79 Å². The Kier molecular flexibility index (Phi) is 2.10. The van der Waals surface area contributed by atoms with E-state index in [4.69, 9.17) is 17.1 Å². The van der Waals surface area contributed by atoms with Gasteiger partial charge in [0.2, 0.25) is 0 Å². The van der Waals surface area contributed by atoms with E-state index in [1.807, 2.05) is 0 Å². The Labute approximate surface area is 138 Å². The summed E-state index contributed by atoms with van der Waals surface area (Å²) in [7, 11) is 0. The first-order valence-corrected chi connectivity index (χ1v) is 7.01. The number of carbonyl (C=O) groups excluding carboxylic acids is 1. The minimum atomic E-state index is -3.44. The third-order valence-corrected chi connectivity index (χ3v) is 3.35. The Morgan fingerprint density at radius 2 is 2.26 bits per heavy atom. The van der Waals surface area contributed by atoms with Gasteiger partial charge < -0.3 is 9.64 Å². The lowest BCUT2D eigenvalue weighted by molar-refractivity contribution is 0.0205. The van der Waals surface area contributed by atoms with Gasteiger partial charge in [-0.1, -0.05) is 0 Å². The van der Waals surface area contributed by atoms with Gasteiger partial charge in [0.1, 0.15) is 5.60 Å². The average molecular weight is 356 g/mol. The van der Waals surface area contributed by atoms with Crippen LogP contribution >= 0.6 is 27.3 Å². The molecule has 0 aromatic carbocycles. The molecule has 1 aromatic rings. The Hall–Kier alpha value is -0.620. The van der Waals surface area contributed by atoms with Crippen molar-refractivity contribution in [1.29, 1.82) is 0 Å². The zero-order chi connectivity index (χ0) is 22.1. The van der Waals surface area contributed by atoms with Gasteiger partial charge in [-0.05, 0) is 49.4 Å². The van der Waals surface area contributed by atoms with Crippen molar-refractivity contribution in [2.75, 3.05) is 13.0 Å². The lowest BCUT2D eigenvalue weighted by Crippen LogP contribution is -2.41. The van der Waals surface area contributed by atoms with Gasteiger partial charge in [-0.15, -0.1) is 11.3 Å². The average Bonchev–Trinajstić information content (AvgIpc) is 2.88. The Morgan fingerprint density at radius 3 is 2.74 bits per heavy atom. The van der Waals surface area contributed by atoms with Crippen LogP contribution in [-0.2, 0) is 4.74 Å². The number of likely N-dealkylation sites (tertiary alicyclic amines) is 1. The number of piperidine rings is 1. The lowest BCUT2D eigenvalue weighted by atomic mass is 9.98. The molecule has 6 heteroatoms. The molecule has 4 nitrogen and oxygen atoms in total.